The topological polar surface area (TPSA) is 9.72 Å². The Bertz CT molecular complexity index is 3580. The summed E-state index contributed by atoms with van der Waals surface area (Å²) in [5.74, 6) is 0. The van der Waals surface area contributed by atoms with Gasteiger partial charge in [0.25, 0.3) is 6.71 Å². The molecule has 9 aromatic rings. The largest absolute Gasteiger partial charge is 0.311 e. The van der Waals surface area contributed by atoms with Crippen LogP contribution in [0.3, 0.4) is 0 Å². The van der Waals surface area contributed by atoms with Gasteiger partial charge in [0.05, 0.1) is 11.4 Å². The summed E-state index contributed by atoms with van der Waals surface area (Å²) in [5, 5.41) is 0. The average Bonchev–Trinajstić information content (AvgIpc) is 3.45. The summed E-state index contributed by atoms with van der Waals surface area (Å²) >= 11 is 0. The van der Waals surface area contributed by atoms with Crippen LogP contribution >= 0.6 is 0 Å². The molecule has 0 spiro atoms. The maximum absolute atomic E-state index is 4.34. The standard InChI is InChI=1S/C72H68BN3/c1-12-22-49(13-2)61-27-20-21-28-64(61)76-66-44-36-56(72(9,10)11)46-63(66)73-62-45-55(71(6,7)8)35-43-65(62)75(59-41-33-54(34-42-59)70(3,4)5)67-47-60(48-68(76)69(67)73)74(57-37-29-52(30-38-57)50-23-16-14-17-24-50)58-39-31-53(32-40-58)51-25-18-15-19-26-51/h12-48H,1-2H2,3-11H3/b49-22+. The zero-order valence-corrected chi connectivity index (χ0v) is 45.7. The third-order valence-electron chi connectivity index (χ3n) is 15.5. The van der Waals surface area contributed by atoms with E-state index in [1.54, 1.807) is 0 Å². The lowest BCUT2D eigenvalue weighted by Crippen LogP contribution is -2.61. The minimum Gasteiger partial charge on any atom is -0.311 e. The van der Waals surface area contributed by atoms with Gasteiger partial charge < -0.3 is 14.7 Å². The van der Waals surface area contributed by atoms with Gasteiger partial charge in [-0.1, -0.05) is 233 Å². The van der Waals surface area contributed by atoms with Gasteiger partial charge in [0, 0.05) is 45.4 Å². The SMILES string of the molecule is C=C/C=C(\C=C)c1ccccc1N1c2ccc(C(C)(C)C)cc2B2c3cc(C(C)(C)C)ccc3N(c3ccc(C(C)(C)C)cc3)c3cc(N(c4ccc(-c5ccccc5)cc4)c4ccc(-c5ccccc5)cc4)cc1c32. The van der Waals surface area contributed by atoms with E-state index in [4.69, 9.17) is 0 Å². The predicted molar refractivity (Wildman–Crippen MR) is 330 cm³/mol. The van der Waals surface area contributed by atoms with Crippen molar-refractivity contribution in [1.82, 2.24) is 0 Å². The molecule has 0 unspecified atom stereocenters. The third-order valence-corrected chi connectivity index (χ3v) is 15.5. The Labute approximate surface area is 452 Å². The van der Waals surface area contributed by atoms with E-state index in [1.165, 1.54) is 61.0 Å². The highest BCUT2D eigenvalue weighted by molar-refractivity contribution is 7.00. The molecule has 11 rings (SSSR count). The van der Waals surface area contributed by atoms with Crippen LogP contribution in [0.2, 0.25) is 0 Å². The van der Waals surface area contributed by atoms with Crippen molar-refractivity contribution in [3.05, 3.63) is 260 Å². The van der Waals surface area contributed by atoms with Crippen LogP contribution in [0.4, 0.5) is 51.2 Å². The highest BCUT2D eigenvalue weighted by Gasteiger charge is 2.45. The summed E-state index contributed by atoms with van der Waals surface area (Å²) in [7, 11) is 0. The Morgan fingerprint density at radius 1 is 0.408 bits per heavy atom. The molecule has 2 heterocycles. The van der Waals surface area contributed by atoms with Crippen LogP contribution in [-0.2, 0) is 16.2 Å². The highest BCUT2D eigenvalue weighted by atomic mass is 15.2. The number of allylic oxidation sites excluding steroid dienone is 4. The summed E-state index contributed by atoms with van der Waals surface area (Å²) in [4.78, 5) is 7.55. The Kier molecular flexibility index (Phi) is 12.7. The lowest BCUT2D eigenvalue weighted by Gasteiger charge is -2.46. The van der Waals surface area contributed by atoms with E-state index in [0.29, 0.717) is 0 Å². The normalized spacial score (nSPS) is 13.2. The van der Waals surface area contributed by atoms with Crippen LogP contribution in [0.15, 0.2) is 238 Å². The first-order valence-corrected chi connectivity index (χ1v) is 26.8. The van der Waals surface area contributed by atoms with Crippen molar-refractivity contribution in [2.75, 3.05) is 14.7 Å². The smallest absolute Gasteiger partial charge is 0.252 e. The summed E-state index contributed by atoms with van der Waals surface area (Å²) < 4.78 is 0. The van der Waals surface area contributed by atoms with Gasteiger partial charge in [0.1, 0.15) is 0 Å². The first-order valence-electron chi connectivity index (χ1n) is 26.8. The van der Waals surface area contributed by atoms with Crippen LogP contribution < -0.4 is 31.1 Å². The fraction of sp³-hybridized carbons (Fsp3) is 0.167. The first-order chi connectivity index (χ1) is 36.5. The van der Waals surface area contributed by atoms with Gasteiger partial charge in [0.2, 0.25) is 0 Å². The predicted octanol–water partition coefficient (Wildman–Crippen LogP) is 18.2. The molecule has 0 saturated heterocycles. The number of hydrogen-bond acceptors (Lipinski definition) is 3. The molecule has 0 N–H and O–H groups in total. The third kappa shape index (κ3) is 9.10. The minimum absolute atomic E-state index is 0.0105. The number of nitrogens with zero attached hydrogens (tertiary/aromatic N) is 3. The van der Waals surface area contributed by atoms with Crippen LogP contribution in [0.25, 0.3) is 27.8 Å². The number of fused-ring (bicyclic) bond motifs is 4. The summed E-state index contributed by atoms with van der Waals surface area (Å²) in [6, 6.07) is 77.1. The van der Waals surface area contributed by atoms with E-state index >= 15 is 0 Å². The second-order valence-electron chi connectivity index (χ2n) is 23.6. The number of rotatable bonds is 10. The lowest BCUT2D eigenvalue weighted by molar-refractivity contribution is 0.590. The van der Waals surface area contributed by atoms with E-state index in [1.807, 2.05) is 12.2 Å². The second-order valence-corrected chi connectivity index (χ2v) is 23.6. The van der Waals surface area contributed by atoms with Crippen LogP contribution in [-0.4, -0.2) is 6.71 Å². The molecule has 0 atom stereocenters. The van der Waals surface area contributed by atoms with Crippen molar-refractivity contribution in [2.24, 2.45) is 0 Å². The number of hydrogen-bond donors (Lipinski definition) is 0. The Balaban J connectivity index is 1.26. The van der Waals surface area contributed by atoms with Gasteiger partial charge in [-0.05, 0) is 144 Å². The fourth-order valence-electron chi connectivity index (χ4n) is 11.3. The molecule has 0 amide bonds. The van der Waals surface area contributed by atoms with Crippen molar-refractivity contribution in [1.29, 1.82) is 0 Å². The first kappa shape index (κ1) is 49.9. The summed E-state index contributed by atoms with van der Waals surface area (Å²) in [6.45, 7) is 29.3. The average molecular weight is 986 g/mol. The van der Waals surface area contributed by atoms with Gasteiger partial charge in [0.15, 0.2) is 0 Å². The van der Waals surface area contributed by atoms with E-state index in [2.05, 4.69) is 303 Å². The van der Waals surface area contributed by atoms with Crippen molar-refractivity contribution in [3.8, 4) is 22.3 Å². The molecule has 0 aromatic heterocycles. The zero-order chi connectivity index (χ0) is 53.1. The van der Waals surface area contributed by atoms with Gasteiger partial charge in [-0.3, -0.25) is 0 Å². The molecule has 0 aliphatic carbocycles. The van der Waals surface area contributed by atoms with Gasteiger partial charge in [-0.2, -0.15) is 0 Å². The molecule has 0 bridgehead atoms. The molecule has 9 aromatic carbocycles. The molecule has 4 heteroatoms. The fourth-order valence-corrected chi connectivity index (χ4v) is 11.3. The number of para-hydroxylation sites is 1. The van der Waals surface area contributed by atoms with Crippen molar-refractivity contribution >= 4 is 79.9 Å². The molecule has 3 nitrogen and oxygen atoms in total. The Hall–Kier alpha value is -8.34. The molecule has 76 heavy (non-hydrogen) atoms. The molecular formula is C72H68BN3. The Morgan fingerprint density at radius 3 is 1.32 bits per heavy atom. The summed E-state index contributed by atoms with van der Waals surface area (Å²) in [5.41, 5.74) is 24.3. The number of benzene rings is 9. The van der Waals surface area contributed by atoms with Crippen LogP contribution in [0.1, 0.15) is 84.6 Å². The molecule has 2 aliphatic rings. The van der Waals surface area contributed by atoms with Gasteiger partial charge >= 0.3 is 0 Å². The van der Waals surface area contributed by atoms with Gasteiger partial charge in [-0.15, -0.1) is 0 Å². The maximum atomic E-state index is 4.34. The monoisotopic (exact) mass is 986 g/mol. The van der Waals surface area contributed by atoms with E-state index in [9.17, 15) is 0 Å². The van der Waals surface area contributed by atoms with Crippen LogP contribution in [0.5, 0.6) is 0 Å². The van der Waals surface area contributed by atoms with Gasteiger partial charge in [-0.25, -0.2) is 0 Å². The molecule has 374 valence electrons. The highest BCUT2D eigenvalue weighted by Crippen LogP contribution is 2.50. The quantitative estimate of drug-likeness (QED) is 0.0999. The summed E-state index contributed by atoms with van der Waals surface area (Å²) in [6.07, 6.45) is 5.89. The van der Waals surface area contributed by atoms with E-state index in [-0.39, 0.29) is 23.0 Å². The minimum atomic E-state index is -0.0916. The zero-order valence-electron chi connectivity index (χ0n) is 45.7. The lowest BCUT2D eigenvalue weighted by atomic mass is 9.33. The molecule has 2 aliphatic heterocycles. The van der Waals surface area contributed by atoms with E-state index in [0.717, 1.165) is 56.6 Å². The Morgan fingerprint density at radius 2 is 0.842 bits per heavy atom. The van der Waals surface area contributed by atoms with Crippen molar-refractivity contribution in [3.63, 3.8) is 0 Å². The van der Waals surface area contributed by atoms with Crippen LogP contribution in [0, 0.1) is 0 Å². The molecular weight excluding hydrogens is 918 g/mol. The van der Waals surface area contributed by atoms with E-state index < -0.39 is 0 Å². The molecule has 0 saturated carbocycles. The van der Waals surface area contributed by atoms with Crippen molar-refractivity contribution < 1.29 is 0 Å². The van der Waals surface area contributed by atoms with Crippen molar-refractivity contribution in [2.45, 2.75) is 78.6 Å². The maximum Gasteiger partial charge on any atom is 0.252 e. The molecule has 0 fully saturated rings. The molecule has 0 radical (unpaired) electrons. The second kappa shape index (κ2) is 19.4. The number of anilines is 9.